The van der Waals surface area contributed by atoms with E-state index in [1.54, 1.807) is 23.9 Å². The van der Waals surface area contributed by atoms with Crippen LogP contribution in [-0.4, -0.2) is 37.0 Å². The second-order valence-electron chi connectivity index (χ2n) is 8.30. The zero-order chi connectivity index (χ0) is 26.1. The van der Waals surface area contributed by atoms with Gasteiger partial charge >= 0.3 is 5.97 Å². The number of thioether (sulfide) groups is 1. The number of carbonyl (C=O) groups is 2. The largest absolute Gasteiger partial charge is 0.467 e. The quantitative estimate of drug-likeness (QED) is 0.334. The first-order valence-electron chi connectivity index (χ1n) is 11.4. The van der Waals surface area contributed by atoms with Gasteiger partial charge in [0.15, 0.2) is 0 Å². The van der Waals surface area contributed by atoms with Gasteiger partial charge in [0.2, 0.25) is 0 Å². The summed E-state index contributed by atoms with van der Waals surface area (Å²) in [6.07, 6.45) is 2.38. The Bertz CT molecular complexity index is 1200. The van der Waals surface area contributed by atoms with Gasteiger partial charge in [-0.05, 0) is 77.4 Å². The summed E-state index contributed by atoms with van der Waals surface area (Å²) in [5.41, 5.74) is 4.13. The van der Waals surface area contributed by atoms with Crippen LogP contribution < -0.4 is 5.32 Å². The van der Waals surface area contributed by atoms with Gasteiger partial charge in [0.05, 0.1) is 20.3 Å². The van der Waals surface area contributed by atoms with Crippen molar-refractivity contribution in [3.8, 4) is 11.1 Å². The summed E-state index contributed by atoms with van der Waals surface area (Å²) >= 11 is 1.58. The number of halogens is 2. The zero-order valence-electron chi connectivity index (χ0n) is 20.5. The lowest BCUT2D eigenvalue weighted by atomic mass is 9.93. The zero-order valence-corrected chi connectivity index (χ0v) is 21.3. The summed E-state index contributed by atoms with van der Waals surface area (Å²) < 4.78 is 37.5. The van der Waals surface area contributed by atoms with E-state index >= 15 is 0 Å². The first-order chi connectivity index (χ1) is 17.3. The minimum Gasteiger partial charge on any atom is -0.467 e. The van der Waals surface area contributed by atoms with Crippen LogP contribution in [0.25, 0.3) is 11.1 Å². The fourth-order valence-corrected chi connectivity index (χ4v) is 4.29. The minimum atomic E-state index is -0.755. The summed E-state index contributed by atoms with van der Waals surface area (Å²) in [7, 11) is 1.30. The molecule has 0 radical (unpaired) electrons. The van der Waals surface area contributed by atoms with Crippen LogP contribution >= 0.6 is 11.8 Å². The Morgan fingerprint density at radius 2 is 1.64 bits per heavy atom. The Kier molecular flexibility index (Phi) is 10.0. The van der Waals surface area contributed by atoms with E-state index in [1.807, 2.05) is 43.5 Å². The van der Waals surface area contributed by atoms with Crippen LogP contribution in [0.3, 0.4) is 0 Å². The average Bonchev–Trinajstić information content (AvgIpc) is 2.85. The topological polar surface area (TPSA) is 64.6 Å². The van der Waals surface area contributed by atoms with Gasteiger partial charge < -0.3 is 14.8 Å². The standard InChI is InChI=1S/C28H29F2NO4S/c1-18-6-4-5-7-23(18)25-14-19(16-35-17-20-12-21(29)15-22(30)13-20)8-9-24(25)27(32)31-26(10-11-36-3)28(33)34-2/h4-9,12-15,26H,10-11,16-17H2,1-3H3,(H,31,32)/t26-/m0/s1. The Morgan fingerprint density at radius 3 is 2.31 bits per heavy atom. The van der Waals surface area contributed by atoms with Crippen molar-refractivity contribution in [1.29, 1.82) is 0 Å². The molecule has 0 spiro atoms. The molecule has 5 nitrogen and oxygen atoms in total. The molecule has 0 aliphatic rings. The third-order valence-electron chi connectivity index (χ3n) is 5.63. The highest BCUT2D eigenvalue weighted by Crippen LogP contribution is 2.29. The number of hydrogen-bond acceptors (Lipinski definition) is 5. The highest BCUT2D eigenvalue weighted by atomic mass is 32.2. The molecule has 0 unspecified atom stereocenters. The van der Waals surface area contributed by atoms with Crippen molar-refractivity contribution < 1.29 is 27.8 Å². The van der Waals surface area contributed by atoms with Crippen LogP contribution in [0.1, 0.15) is 33.5 Å². The van der Waals surface area contributed by atoms with E-state index in [0.717, 1.165) is 22.8 Å². The van der Waals surface area contributed by atoms with E-state index in [1.165, 1.54) is 19.2 Å². The summed E-state index contributed by atoms with van der Waals surface area (Å²) in [6.45, 7) is 2.17. The van der Waals surface area contributed by atoms with Crippen LogP contribution in [0.5, 0.6) is 0 Å². The maximum absolute atomic E-state index is 13.4. The maximum atomic E-state index is 13.4. The smallest absolute Gasteiger partial charge is 0.328 e. The van der Waals surface area contributed by atoms with Crippen molar-refractivity contribution >= 4 is 23.6 Å². The van der Waals surface area contributed by atoms with E-state index in [-0.39, 0.29) is 19.1 Å². The van der Waals surface area contributed by atoms with E-state index in [4.69, 9.17) is 9.47 Å². The number of nitrogens with one attached hydrogen (secondary N) is 1. The predicted molar refractivity (Wildman–Crippen MR) is 138 cm³/mol. The molecule has 3 rings (SSSR count). The van der Waals surface area contributed by atoms with Gasteiger partial charge in [-0.3, -0.25) is 4.79 Å². The number of benzene rings is 3. The van der Waals surface area contributed by atoms with Gasteiger partial charge in [-0.25, -0.2) is 13.6 Å². The molecule has 3 aromatic rings. The number of hydrogen-bond donors (Lipinski definition) is 1. The maximum Gasteiger partial charge on any atom is 0.328 e. The number of carbonyl (C=O) groups excluding carboxylic acids is 2. The number of ether oxygens (including phenoxy) is 2. The van der Waals surface area contributed by atoms with Gasteiger partial charge in [0.1, 0.15) is 17.7 Å². The third kappa shape index (κ3) is 7.38. The van der Waals surface area contributed by atoms with Crippen molar-refractivity contribution in [2.75, 3.05) is 19.1 Å². The fourth-order valence-electron chi connectivity index (χ4n) is 3.82. The van der Waals surface area contributed by atoms with E-state index < -0.39 is 23.6 Å². The molecular formula is C28H29F2NO4S. The Labute approximate surface area is 214 Å². The van der Waals surface area contributed by atoms with Gasteiger partial charge in [-0.1, -0.05) is 30.3 Å². The summed E-state index contributed by atoms with van der Waals surface area (Å²) in [5.74, 6) is -1.50. The second-order valence-corrected chi connectivity index (χ2v) is 9.28. The number of esters is 1. The monoisotopic (exact) mass is 513 g/mol. The first kappa shape index (κ1) is 27.4. The molecule has 3 aromatic carbocycles. The van der Waals surface area contributed by atoms with E-state index in [9.17, 15) is 18.4 Å². The molecule has 0 heterocycles. The summed E-state index contributed by atoms with van der Waals surface area (Å²) in [4.78, 5) is 25.5. The van der Waals surface area contributed by atoms with Crippen molar-refractivity contribution in [3.05, 3.63) is 94.6 Å². The highest BCUT2D eigenvalue weighted by molar-refractivity contribution is 7.98. The molecule has 190 valence electrons. The van der Waals surface area contributed by atoms with Crippen molar-refractivity contribution in [2.24, 2.45) is 0 Å². The van der Waals surface area contributed by atoms with Gasteiger partial charge in [0.25, 0.3) is 5.91 Å². The van der Waals surface area contributed by atoms with Gasteiger partial charge in [0, 0.05) is 11.6 Å². The molecule has 0 fully saturated rings. The Hall–Kier alpha value is -3.23. The Morgan fingerprint density at radius 1 is 0.944 bits per heavy atom. The molecule has 0 bridgehead atoms. The van der Waals surface area contributed by atoms with E-state index in [0.29, 0.717) is 28.9 Å². The molecule has 1 atom stereocenters. The number of amides is 1. The van der Waals surface area contributed by atoms with Gasteiger partial charge in [-0.15, -0.1) is 0 Å². The molecule has 1 amide bonds. The number of rotatable bonds is 11. The average molecular weight is 514 g/mol. The molecule has 0 saturated heterocycles. The highest BCUT2D eigenvalue weighted by Gasteiger charge is 2.24. The Balaban J connectivity index is 1.86. The fraction of sp³-hybridized carbons (Fsp3) is 0.286. The molecule has 0 aromatic heterocycles. The molecule has 0 aliphatic carbocycles. The molecule has 0 aliphatic heterocycles. The van der Waals surface area contributed by atoms with Crippen LogP contribution in [-0.2, 0) is 27.5 Å². The lowest BCUT2D eigenvalue weighted by Crippen LogP contribution is -2.42. The minimum absolute atomic E-state index is 0.0346. The third-order valence-corrected chi connectivity index (χ3v) is 6.27. The van der Waals surface area contributed by atoms with Crippen molar-refractivity contribution in [2.45, 2.75) is 32.6 Å². The second kappa shape index (κ2) is 13.2. The lowest BCUT2D eigenvalue weighted by Gasteiger charge is -2.19. The number of aryl methyl sites for hydroxylation is 1. The molecule has 1 N–H and O–H groups in total. The molecule has 0 saturated carbocycles. The van der Waals surface area contributed by atoms with Crippen LogP contribution in [0, 0.1) is 18.6 Å². The summed E-state index contributed by atoms with van der Waals surface area (Å²) in [5, 5.41) is 2.81. The molecule has 8 heteroatoms. The summed E-state index contributed by atoms with van der Waals surface area (Å²) in [6, 6.07) is 15.5. The molecular weight excluding hydrogens is 484 g/mol. The SMILES string of the molecule is COC(=O)[C@H](CCSC)NC(=O)c1ccc(COCc2cc(F)cc(F)c2)cc1-c1ccccc1C. The predicted octanol–water partition coefficient (Wildman–Crippen LogP) is 5.68. The van der Waals surface area contributed by atoms with Crippen molar-refractivity contribution in [1.82, 2.24) is 5.32 Å². The normalized spacial score (nSPS) is 11.7. The van der Waals surface area contributed by atoms with Crippen LogP contribution in [0.15, 0.2) is 60.7 Å². The lowest BCUT2D eigenvalue weighted by molar-refractivity contribution is -0.142. The van der Waals surface area contributed by atoms with E-state index in [2.05, 4.69) is 5.32 Å². The van der Waals surface area contributed by atoms with Gasteiger partial charge in [-0.2, -0.15) is 11.8 Å². The van der Waals surface area contributed by atoms with Crippen LogP contribution in [0.2, 0.25) is 0 Å². The van der Waals surface area contributed by atoms with Crippen molar-refractivity contribution in [3.63, 3.8) is 0 Å². The first-order valence-corrected chi connectivity index (χ1v) is 12.8. The molecule has 36 heavy (non-hydrogen) atoms. The number of methoxy groups -OCH3 is 1. The van der Waals surface area contributed by atoms with Crippen LogP contribution in [0.4, 0.5) is 8.78 Å².